The summed E-state index contributed by atoms with van der Waals surface area (Å²) in [6, 6.07) is 11.7. The maximum Gasteiger partial charge on any atom is 0.316 e. The van der Waals surface area contributed by atoms with Gasteiger partial charge in [-0.1, -0.05) is 29.8 Å². The third kappa shape index (κ3) is 5.03. The minimum atomic E-state index is -1.22. The number of carbonyl (C=O) groups is 1. The van der Waals surface area contributed by atoms with Crippen LogP contribution in [-0.4, -0.2) is 53.7 Å². The number of halogens is 2. The predicted molar refractivity (Wildman–Crippen MR) is 115 cm³/mol. The van der Waals surface area contributed by atoms with Gasteiger partial charge in [0.1, 0.15) is 29.8 Å². The number of nitrogens with one attached hydrogen (secondary N) is 1. The first-order chi connectivity index (χ1) is 14.8. The summed E-state index contributed by atoms with van der Waals surface area (Å²) in [5, 5.41) is 13.2. The molecule has 0 saturated carbocycles. The Morgan fingerprint density at radius 3 is 2.97 bits per heavy atom. The van der Waals surface area contributed by atoms with Gasteiger partial charge in [-0.3, -0.25) is 4.90 Å². The van der Waals surface area contributed by atoms with Crippen LogP contribution in [0.1, 0.15) is 18.4 Å². The lowest BCUT2D eigenvalue weighted by Gasteiger charge is -2.41. The summed E-state index contributed by atoms with van der Waals surface area (Å²) < 4.78 is 26.7. The molecule has 2 aromatic rings. The van der Waals surface area contributed by atoms with Crippen molar-refractivity contribution < 1.29 is 23.8 Å². The maximum atomic E-state index is 15.0. The van der Waals surface area contributed by atoms with E-state index in [2.05, 4.69) is 5.32 Å². The van der Waals surface area contributed by atoms with Gasteiger partial charge < -0.3 is 25.6 Å². The van der Waals surface area contributed by atoms with Crippen LogP contribution in [-0.2, 0) is 6.42 Å². The normalized spacial score (nSPS) is 23.8. The average Bonchev–Trinajstić information content (AvgIpc) is 3.06. The zero-order valence-corrected chi connectivity index (χ0v) is 17.6. The van der Waals surface area contributed by atoms with Gasteiger partial charge in [0, 0.05) is 37.4 Å². The van der Waals surface area contributed by atoms with E-state index < -0.39 is 24.0 Å². The van der Waals surface area contributed by atoms with E-state index in [4.69, 9.17) is 26.8 Å². The highest BCUT2D eigenvalue weighted by molar-refractivity contribution is 6.31. The van der Waals surface area contributed by atoms with Gasteiger partial charge in [-0.25, -0.2) is 9.18 Å². The van der Waals surface area contributed by atoms with Gasteiger partial charge in [0.2, 0.25) is 0 Å². The number of anilines is 1. The van der Waals surface area contributed by atoms with Crippen LogP contribution in [0.3, 0.4) is 0 Å². The van der Waals surface area contributed by atoms with Crippen LogP contribution in [0, 0.1) is 0 Å². The van der Waals surface area contributed by atoms with E-state index in [0.717, 1.165) is 11.3 Å². The molecule has 2 aliphatic heterocycles. The predicted octanol–water partition coefficient (Wildman–Crippen LogP) is 3.34. The number of benzene rings is 2. The van der Waals surface area contributed by atoms with Crippen molar-refractivity contribution >= 4 is 23.3 Å². The third-order valence-corrected chi connectivity index (χ3v) is 5.91. The first kappa shape index (κ1) is 21.7. The van der Waals surface area contributed by atoms with Crippen molar-refractivity contribution in [3.05, 3.63) is 53.1 Å². The fourth-order valence-electron chi connectivity index (χ4n) is 4.22. The molecule has 0 aliphatic carbocycles. The molecule has 4 rings (SSSR count). The number of nitrogens with zero attached hydrogens (tertiary/aromatic N) is 1. The number of hydrogen-bond donors (Lipinski definition) is 3. The van der Waals surface area contributed by atoms with Crippen molar-refractivity contribution in [3.63, 3.8) is 0 Å². The van der Waals surface area contributed by atoms with Gasteiger partial charge in [-0.15, -0.1) is 0 Å². The Morgan fingerprint density at radius 1 is 1.42 bits per heavy atom. The fraction of sp³-hybridized carbons (Fsp3) is 0.409. The number of para-hydroxylation sites is 1. The molecule has 166 valence electrons. The molecule has 2 aromatic carbocycles. The monoisotopic (exact) mass is 449 g/mol. The van der Waals surface area contributed by atoms with E-state index in [-0.39, 0.29) is 19.6 Å². The van der Waals surface area contributed by atoms with Crippen LogP contribution in [0.15, 0.2) is 42.5 Å². The number of fused-ring (bicyclic) bond motifs is 1. The number of rotatable bonds is 6. The summed E-state index contributed by atoms with van der Waals surface area (Å²) in [5.41, 5.74) is 6.06. The number of aliphatic hydroxyl groups is 1. The Kier molecular flexibility index (Phi) is 6.22. The molecule has 3 atom stereocenters. The topological polar surface area (TPSA) is 97.1 Å². The number of hydrogen-bond acceptors (Lipinski definition) is 5. The average molecular weight is 450 g/mol. The second-order valence-electron chi connectivity index (χ2n) is 8.05. The van der Waals surface area contributed by atoms with Crippen molar-refractivity contribution in [1.29, 1.82) is 0 Å². The second kappa shape index (κ2) is 8.90. The molecule has 4 N–H and O–H groups in total. The summed E-state index contributed by atoms with van der Waals surface area (Å²) >= 11 is 5.93. The zero-order valence-electron chi connectivity index (χ0n) is 16.9. The highest BCUT2D eigenvalue weighted by Gasteiger charge is 2.46. The van der Waals surface area contributed by atoms with E-state index in [1.54, 1.807) is 17.0 Å². The number of amides is 2. The molecule has 1 unspecified atom stereocenters. The van der Waals surface area contributed by atoms with E-state index in [1.807, 2.05) is 24.3 Å². The van der Waals surface area contributed by atoms with Crippen molar-refractivity contribution in [3.8, 4) is 11.5 Å². The number of urea groups is 1. The molecule has 7 nitrogen and oxygen atoms in total. The summed E-state index contributed by atoms with van der Waals surface area (Å²) in [4.78, 5) is 12.8. The highest BCUT2D eigenvalue weighted by atomic mass is 35.5. The van der Waals surface area contributed by atoms with Crippen molar-refractivity contribution in [2.45, 2.75) is 37.3 Å². The SMILES string of the molecule is NC(=O)Nc1cc(Cl)ccc1OC[C@@H](O)CN1CC[C@@]2(Cc3ccccc3O2)CC1F. The zero-order chi connectivity index (χ0) is 22.0. The first-order valence-electron chi connectivity index (χ1n) is 10.2. The molecular formula is C22H25ClFN3O4. The molecule has 0 bridgehead atoms. The fourth-order valence-corrected chi connectivity index (χ4v) is 4.39. The van der Waals surface area contributed by atoms with E-state index in [0.29, 0.717) is 35.8 Å². The van der Waals surface area contributed by atoms with Crippen LogP contribution in [0.2, 0.25) is 5.02 Å². The third-order valence-electron chi connectivity index (χ3n) is 5.68. The molecule has 0 aromatic heterocycles. The Hall–Kier alpha value is -2.55. The van der Waals surface area contributed by atoms with Gasteiger partial charge in [0.05, 0.1) is 5.69 Å². The van der Waals surface area contributed by atoms with Gasteiger partial charge in [0.25, 0.3) is 0 Å². The molecule has 9 heteroatoms. The number of piperidine rings is 1. The minimum absolute atomic E-state index is 0.0780. The molecule has 1 spiro atoms. The smallest absolute Gasteiger partial charge is 0.316 e. The van der Waals surface area contributed by atoms with E-state index in [1.165, 1.54) is 6.07 Å². The molecule has 2 aliphatic rings. The molecule has 0 radical (unpaired) electrons. The standard InChI is InChI=1S/C22H25ClFN3O4/c23-15-5-6-19(17(9-15)26-21(25)29)30-13-16(28)12-27-8-7-22(11-20(27)24)10-14-3-1-2-4-18(14)31-22/h1-6,9,16,20,28H,7-8,10-13H2,(H3,25,26,29)/t16-,20?,22+/m0/s1. The summed E-state index contributed by atoms with van der Waals surface area (Å²) in [6.07, 6.45) is -0.514. The number of likely N-dealkylation sites (tertiary alicyclic amines) is 1. The van der Waals surface area contributed by atoms with Gasteiger partial charge in [0.15, 0.2) is 6.30 Å². The van der Waals surface area contributed by atoms with Gasteiger partial charge in [-0.05, 0) is 29.8 Å². The Balaban J connectivity index is 1.30. The minimum Gasteiger partial charge on any atom is -0.489 e. The summed E-state index contributed by atoms with van der Waals surface area (Å²) in [5.74, 6) is 1.15. The number of aliphatic hydroxyl groups excluding tert-OH is 1. The lowest BCUT2D eigenvalue weighted by Crippen LogP contribution is -2.53. The van der Waals surface area contributed by atoms with Gasteiger partial charge in [-0.2, -0.15) is 0 Å². The Labute approximate surface area is 184 Å². The lowest BCUT2D eigenvalue weighted by molar-refractivity contribution is -0.0739. The van der Waals surface area contributed by atoms with Crippen molar-refractivity contribution in [1.82, 2.24) is 4.90 Å². The van der Waals surface area contributed by atoms with Crippen LogP contribution in [0.25, 0.3) is 0 Å². The van der Waals surface area contributed by atoms with Crippen LogP contribution in [0.5, 0.6) is 11.5 Å². The molecule has 1 saturated heterocycles. The molecule has 2 amide bonds. The summed E-state index contributed by atoms with van der Waals surface area (Å²) in [6.45, 7) is 0.517. The highest BCUT2D eigenvalue weighted by Crippen LogP contribution is 2.42. The van der Waals surface area contributed by atoms with Crippen LogP contribution in [0.4, 0.5) is 14.9 Å². The molecular weight excluding hydrogens is 425 g/mol. The van der Waals surface area contributed by atoms with Crippen molar-refractivity contribution in [2.75, 3.05) is 25.0 Å². The first-order valence-corrected chi connectivity index (χ1v) is 10.5. The van der Waals surface area contributed by atoms with E-state index in [9.17, 15) is 14.3 Å². The molecule has 1 fully saturated rings. The second-order valence-corrected chi connectivity index (χ2v) is 8.48. The number of β-amino-alcohol motifs (C(OH)–C–C–N with tert-alkyl or cyclic N) is 1. The maximum absolute atomic E-state index is 15.0. The largest absolute Gasteiger partial charge is 0.489 e. The van der Waals surface area contributed by atoms with Gasteiger partial charge >= 0.3 is 6.03 Å². The Bertz CT molecular complexity index is 935. The number of carbonyl (C=O) groups excluding carboxylic acids is 1. The van der Waals surface area contributed by atoms with E-state index >= 15 is 0 Å². The lowest BCUT2D eigenvalue weighted by atomic mass is 9.86. The molecule has 2 heterocycles. The van der Waals surface area contributed by atoms with Crippen molar-refractivity contribution in [2.24, 2.45) is 5.73 Å². The summed E-state index contributed by atoms with van der Waals surface area (Å²) in [7, 11) is 0. The number of nitrogens with two attached hydrogens (primary N) is 1. The Morgan fingerprint density at radius 2 is 2.23 bits per heavy atom. The van der Waals surface area contributed by atoms with Crippen LogP contribution >= 0.6 is 11.6 Å². The molecule has 31 heavy (non-hydrogen) atoms. The number of ether oxygens (including phenoxy) is 2. The number of primary amides is 1. The van der Waals surface area contributed by atoms with Crippen LogP contribution < -0.4 is 20.5 Å². The quantitative estimate of drug-likeness (QED) is 0.588. The number of alkyl halides is 1.